The molecule has 3 rings (SSSR count). The van der Waals surface area contributed by atoms with E-state index in [1.165, 1.54) is 36.0 Å². The Balaban J connectivity index is 2.11. The maximum Gasteiger partial charge on any atom is 0.186 e. The van der Waals surface area contributed by atoms with Crippen LogP contribution in [0.2, 0.25) is 5.02 Å². The molecule has 146 valence electrons. The Bertz CT molecular complexity index is 920. The lowest BCUT2D eigenvalue weighted by Gasteiger charge is -2.33. The van der Waals surface area contributed by atoms with Crippen LogP contribution in [-0.2, 0) is 9.84 Å². The van der Waals surface area contributed by atoms with E-state index in [9.17, 15) is 17.2 Å². The number of halogens is 3. The fraction of sp³-hybridized carbons (Fsp3) is 0.333. The SMILES string of the molecule is O=S(=O)(c1ccc(Cl)cc1)[C@H]1c2c(F)ccc(F)c2OC[C@@H]1CSCCO. The highest BCUT2D eigenvalue weighted by Gasteiger charge is 2.43. The van der Waals surface area contributed by atoms with Crippen molar-refractivity contribution in [1.29, 1.82) is 0 Å². The molecule has 1 aliphatic heterocycles. The Hall–Kier alpha value is -1.35. The Morgan fingerprint density at radius 3 is 2.48 bits per heavy atom. The number of hydrogen-bond donors (Lipinski definition) is 1. The topological polar surface area (TPSA) is 63.6 Å². The van der Waals surface area contributed by atoms with E-state index in [2.05, 4.69) is 0 Å². The van der Waals surface area contributed by atoms with Crippen molar-refractivity contribution >= 4 is 33.2 Å². The minimum atomic E-state index is -4.04. The van der Waals surface area contributed by atoms with E-state index in [1.54, 1.807) is 0 Å². The third-order valence-corrected chi connectivity index (χ3v) is 7.90. The van der Waals surface area contributed by atoms with E-state index in [4.69, 9.17) is 21.4 Å². The molecule has 0 aromatic heterocycles. The lowest BCUT2D eigenvalue weighted by molar-refractivity contribution is 0.215. The maximum atomic E-state index is 14.6. The highest BCUT2D eigenvalue weighted by molar-refractivity contribution is 7.99. The van der Waals surface area contributed by atoms with Gasteiger partial charge in [0.25, 0.3) is 0 Å². The Morgan fingerprint density at radius 1 is 1.15 bits per heavy atom. The van der Waals surface area contributed by atoms with Gasteiger partial charge in [-0.25, -0.2) is 17.2 Å². The highest BCUT2D eigenvalue weighted by Crippen LogP contribution is 2.46. The number of rotatable bonds is 6. The first-order valence-corrected chi connectivity index (χ1v) is 11.2. The summed E-state index contributed by atoms with van der Waals surface area (Å²) in [4.78, 5) is -0.0226. The van der Waals surface area contributed by atoms with Gasteiger partial charge in [-0.3, -0.25) is 0 Å². The Kier molecular flexibility index (Phi) is 6.30. The fourth-order valence-electron chi connectivity index (χ4n) is 3.09. The molecule has 27 heavy (non-hydrogen) atoms. The van der Waals surface area contributed by atoms with E-state index >= 15 is 0 Å². The van der Waals surface area contributed by atoms with Crippen LogP contribution in [0.4, 0.5) is 8.78 Å². The summed E-state index contributed by atoms with van der Waals surface area (Å²) in [6.07, 6.45) is 0. The van der Waals surface area contributed by atoms with E-state index < -0.39 is 32.6 Å². The van der Waals surface area contributed by atoms with Gasteiger partial charge in [0.05, 0.1) is 23.7 Å². The number of ether oxygens (including phenoxy) is 1. The summed E-state index contributed by atoms with van der Waals surface area (Å²) in [7, 11) is -4.04. The molecule has 1 heterocycles. The van der Waals surface area contributed by atoms with Gasteiger partial charge in [0.2, 0.25) is 0 Å². The molecule has 0 amide bonds. The Morgan fingerprint density at radius 2 is 1.81 bits per heavy atom. The van der Waals surface area contributed by atoms with Gasteiger partial charge in [-0.1, -0.05) is 11.6 Å². The van der Waals surface area contributed by atoms with E-state index in [-0.39, 0.29) is 29.4 Å². The molecule has 2 aromatic rings. The second kappa shape index (κ2) is 8.34. The molecule has 9 heteroatoms. The van der Waals surface area contributed by atoms with Crippen molar-refractivity contribution in [3.05, 3.63) is 58.6 Å². The summed E-state index contributed by atoms with van der Waals surface area (Å²) in [5, 5.41) is 8.04. The van der Waals surface area contributed by atoms with Crippen LogP contribution in [0.3, 0.4) is 0 Å². The molecular weight excluding hydrogens is 418 g/mol. The zero-order valence-electron chi connectivity index (χ0n) is 14.1. The van der Waals surface area contributed by atoms with E-state index in [0.29, 0.717) is 16.5 Å². The maximum absolute atomic E-state index is 14.6. The second-order valence-corrected chi connectivity index (χ2v) is 9.72. The van der Waals surface area contributed by atoms with Crippen molar-refractivity contribution in [3.63, 3.8) is 0 Å². The summed E-state index contributed by atoms with van der Waals surface area (Å²) in [6, 6.07) is 7.40. The zero-order valence-corrected chi connectivity index (χ0v) is 16.5. The molecule has 0 spiro atoms. The lowest BCUT2D eigenvalue weighted by Crippen LogP contribution is -2.34. The molecule has 4 nitrogen and oxygen atoms in total. The molecule has 0 saturated carbocycles. The molecular formula is C18H17ClF2O4S2. The van der Waals surface area contributed by atoms with Crippen LogP contribution in [0.15, 0.2) is 41.3 Å². The molecule has 0 aliphatic carbocycles. The largest absolute Gasteiger partial charge is 0.490 e. The first kappa shape index (κ1) is 20.4. The lowest BCUT2D eigenvalue weighted by atomic mass is 9.96. The van der Waals surface area contributed by atoms with Gasteiger partial charge in [-0.05, 0) is 36.4 Å². The summed E-state index contributed by atoms with van der Waals surface area (Å²) in [6.45, 7) is -0.129. The fourth-order valence-corrected chi connectivity index (χ4v) is 6.24. The molecule has 0 bridgehead atoms. The van der Waals surface area contributed by atoms with Crippen molar-refractivity contribution < 1.29 is 27.0 Å². The normalized spacial score (nSPS) is 19.4. The van der Waals surface area contributed by atoms with Crippen LogP contribution in [-0.4, -0.2) is 38.2 Å². The second-order valence-electron chi connectivity index (χ2n) is 6.06. The van der Waals surface area contributed by atoms with Gasteiger partial charge in [0.15, 0.2) is 21.4 Å². The van der Waals surface area contributed by atoms with Crippen molar-refractivity contribution in [2.24, 2.45) is 5.92 Å². The first-order chi connectivity index (χ1) is 12.9. The number of hydrogen-bond acceptors (Lipinski definition) is 5. The van der Waals surface area contributed by atoms with E-state index in [1.807, 2.05) is 0 Å². The summed E-state index contributed by atoms with van der Waals surface area (Å²) >= 11 is 7.17. The number of fused-ring (bicyclic) bond motifs is 1. The number of benzene rings is 2. The molecule has 0 fully saturated rings. The average molecular weight is 435 g/mol. The van der Waals surface area contributed by atoms with Gasteiger partial charge in [-0.2, -0.15) is 11.8 Å². The minimum absolute atomic E-state index is 0.0226. The van der Waals surface area contributed by atoms with Crippen LogP contribution >= 0.6 is 23.4 Å². The predicted octanol–water partition coefficient (Wildman–Crippen LogP) is 3.87. The van der Waals surface area contributed by atoms with Crippen LogP contribution in [0, 0.1) is 17.6 Å². The quantitative estimate of drug-likeness (QED) is 0.699. The van der Waals surface area contributed by atoms with Crippen molar-refractivity contribution in [2.75, 3.05) is 24.7 Å². The summed E-state index contributed by atoms with van der Waals surface area (Å²) in [5.74, 6) is -1.88. The van der Waals surface area contributed by atoms with Crippen molar-refractivity contribution in [1.82, 2.24) is 0 Å². The number of thioether (sulfide) groups is 1. The van der Waals surface area contributed by atoms with Gasteiger partial charge in [0, 0.05) is 22.4 Å². The third kappa shape index (κ3) is 4.08. The summed E-state index contributed by atoms with van der Waals surface area (Å²) in [5.41, 5.74) is -0.286. The molecule has 0 saturated heterocycles. The zero-order chi connectivity index (χ0) is 19.6. The standard InChI is InChI=1S/C18H17ClF2O4S2/c19-12-1-3-13(4-2-12)27(23,24)18-11(10-26-8-7-22)9-25-17-15(21)6-5-14(20)16(17)18/h1-6,11,18,22H,7-10H2/t11-,18-/m1/s1. The van der Waals surface area contributed by atoms with Crippen LogP contribution < -0.4 is 4.74 Å². The monoisotopic (exact) mass is 434 g/mol. The van der Waals surface area contributed by atoms with Gasteiger partial charge >= 0.3 is 0 Å². The Labute approximate surface area is 165 Å². The van der Waals surface area contributed by atoms with Crippen LogP contribution in [0.25, 0.3) is 0 Å². The van der Waals surface area contributed by atoms with Crippen molar-refractivity contribution in [3.8, 4) is 5.75 Å². The summed E-state index contributed by atoms with van der Waals surface area (Å²) < 4.78 is 60.8. The minimum Gasteiger partial charge on any atom is -0.490 e. The molecule has 2 aromatic carbocycles. The van der Waals surface area contributed by atoms with Crippen molar-refractivity contribution in [2.45, 2.75) is 10.1 Å². The van der Waals surface area contributed by atoms with Crippen LogP contribution in [0.1, 0.15) is 10.8 Å². The smallest absolute Gasteiger partial charge is 0.186 e. The van der Waals surface area contributed by atoms with E-state index in [0.717, 1.165) is 12.1 Å². The molecule has 1 aliphatic rings. The van der Waals surface area contributed by atoms with Gasteiger partial charge in [0.1, 0.15) is 11.1 Å². The molecule has 0 radical (unpaired) electrons. The number of aliphatic hydroxyl groups is 1. The van der Waals surface area contributed by atoms with Crippen LogP contribution in [0.5, 0.6) is 5.75 Å². The molecule has 2 atom stereocenters. The first-order valence-electron chi connectivity index (χ1n) is 8.15. The highest BCUT2D eigenvalue weighted by atomic mass is 35.5. The molecule has 1 N–H and O–H groups in total. The predicted molar refractivity (Wildman–Crippen MR) is 101 cm³/mol. The molecule has 0 unspecified atom stereocenters. The van der Waals surface area contributed by atoms with Gasteiger partial charge < -0.3 is 9.84 Å². The number of sulfone groups is 1. The number of aliphatic hydroxyl groups excluding tert-OH is 1. The average Bonchev–Trinajstić information content (AvgIpc) is 2.65. The van der Waals surface area contributed by atoms with Gasteiger partial charge in [-0.15, -0.1) is 0 Å². The third-order valence-electron chi connectivity index (χ3n) is 4.29.